The molecule has 11 nitrogen and oxygen atoms in total. The fourth-order valence-corrected chi connectivity index (χ4v) is 7.00. The van der Waals surface area contributed by atoms with Crippen LogP contribution in [-0.4, -0.2) is 67.7 Å². The summed E-state index contributed by atoms with van der Waals surface area (Å²) in [5, 5.41) is 10.6. The molecule has 3 aliphatic heterocycles. The molecule has 4 aromatic heterocycles. The summed E-state index contributed by atoms with van der Waals surface area (Å²) in [5.41, 5.74) is 4.41. The van der Waals surface area contributed by atoms with E-state index in [0.29, 0.717) is 65.2 Å². The smallest absolute Gasteiger partial charge is 0.261 e. The van der Waals surface area contributed by atoms with Gasteiger partial charge in [-0.25, -0.2) is 19.9 Å². The summed E-state index contributed by atoms with van der Waals surface area (Å²) in [5.74, 6) is 14.4. The maximum absolute atomic E-state index is 12.8. The third-order valence-electron chi connectivity index (χ3n) is 10.0. The van der Waals surface area contributed by atoms with Crippen molar-refractivity contribution in [2.45, 2.75) is 51.6 Å². The van der Waals surface area contributed by atoms with Gasteiger partial charge in [-0.15, -0.1) is 12.4 Å². The molecule has 0 saturated carbocycles. The lowest BCUT2D eigenvalue weighted by atomic mass is 9.98. The second kappa shape index (κ2) is 19.9. The van der Waals surface area contributed by atoms with Gasteiger partial charge in [-0.05, 0) is 110 Å². The lowest BCUT2D eigenvalue weighted by Crippen LogP contribution is -2.33. The van der Waals surface area contributed by atoms with Crippen LogP contribution in [0, 0.1) is 35.5 Å². The van der Waals surface area contributed by atoms with Crippen LogP contribution in [0.2, 0.25) is 0 Å². The van der Waals surface area contributed by atoms with Gasteiger partial charge in [0.05, 0.1) is 21.8 Å². The molecule has 1 N–H and O–H groups in total. The molecule has 0 aliphatic carbocycles. The highest BCUT2D eigenvalue weighted by molar-refractivity contribution is 5.85. The molecule has 0 bridgehead atoms. The van der Waals surface area contributed by atoms with Crippen molar-refractivity contribution in [3.8, 4) is 23.7 Å². The van der Waals surface area contributed by atoms with E-state index in [1.165, 1.54) is 12.8 Å². The first kappa shape index (κ1) is 41.0. The number of benzene rings is 2. The summed E-state index contributed by atoms with van der Waals surface area (Å²) < 4.78 is 13.7. The summed E-state index contributed by atoms with van der Waals surface area (Å²) in [6.45, 7) is 4.14. The summed E-state index contributed by atoms with van der Waals surface area (Å²) in [6.07, 6.45) is 9.13. The quantitative estimate of drug-likeness (QED) is 0.236. The first-order chi connectivity index (χ1) is 27.5. The Balaban J connectivity index is 0.000000169. The molecule has 57 heavy (non-hydrogen) atoms. The number of ether oxygens (including phenoxy) is 2. The Bertz CT molecular complexity index is 2540. The van der Waals surface area contributed by atoms with Gasteiger partial charge in [-0.2, -0.15) is 0 Å². The second-order valence-electron chi connectivity index (χ2n) is 14.0. The number of hydrogen-bond acceptors (Lipinski definition) is 9. The van der Waals surface area contributed by atoms with Crippen molar-refractivity contribution >= 4 is 34.2 Å². The maximum atomic E-state index is 12.8. The standard InChI is InChI=1S/C21H19N3O2.C20H17N3O2.C4H8O.ClH/c1-26-14-16-9-11-24-20(13-16)23-19-12-15(6-8-18(19)21(24)25)5-7-17-4-2-3-10-22-17;24-13-15-8-10-23-19(12-15)22-18-11-14(5-7-17(18)20(23)25)4-6-16-3-1-2-9-21-16;1-2-4-5-3-1;/h2-4,6,8,10,12,16H,9,11,13-14H2,1H3;1-3,5,7,9,11,15,24H,8,10,12-13H2;1-4H2;1H. The largest absolute Gasteiger partial charge is 0.396 e. The van der Waals surface area contributed by atoms with E-state index in [4.69, 9.17) is 14.5 Å². The van der Waals surface area contributed by atoms with Crippen molar-refractivity contribution in [3.05, 3.63) is 140 Å². The van der Waals surface area contributed by atoms with Crippen LogP contribution in [0.3, 0.4) is 0 Å². The normalized spacial score (nSPS) is 16.5. The Labute approximate surface area is 337 Å². The second-order valence-corrected chi connectivity index (χ2v) is 14.0. The number of pyridine rings is 2. The summed E-state index contributed by atoms with van der Waals surface area (Å²) in [4.78, 5) is 43.2. The molecule has 12 heteroatoms. The fourth-order valence-electron chi connectivity index (χ4n) is 7.00. The molecule has 2 atom stereocenters. The molecule has 6 aromatic rings. The number of fused-ring (bicyclic) bond motifs is 4. The molecule has 7 heterocycles. The minimum atomic E-state index is -0.0133. The third kappa shape index (κ3) is 10.4. The van der Waals surface area contributed by atoms with Gasteiger partial charge in [0.1, 0.15) is 23.0 Å². The van der Waals surface area contributed by atoms with Gasteiger partial charge in [0, 0.05) is 83.0 Å². The average molecular weight is 785 g/mol. The van der Waals surface area contributed by atoms with Crippen molar-refractivity contribution in [3.63, 3.8) is 0 Å². The Morgan fingerprint density at radius 1 is 0.719 bits per heavy atom. The lowest BCUT2D eigenvalue weighted by molar-refractivity contribution is 0.136. The summed E-state index contributed by atoms with van der Waals surface area (Å²) >= 11 is 0. The van der Waals surface area contributed by atoms with Crippen LogP contribution in [0.15, 0.2) is 94.8 Å². The highest BCUT2D eigenvalue weighted by Gasteiger charge is 2.23. The number of aliphatic hydroxyl groups is 1. The van der Waals surface area contributed by atoms with Crippen LogP contribution in [0.4, 0.5) is 0 Å². The fraction of sp³-hybridized carbons (Fsp3) is 0.333. The van der Waals surface area contributed by atoms with Crippen molar-refractivity contribution in [1.82, 2.24) is 29.1 Å². The van der Waals surface area contributed by atoms with Crippen LogP contribution < -0.4 is 11.1 Å². The minimum absolute atomic E-state index is 0. The first-order valence-corrected chi connectivity index (χ1v) is 19.1. The topological polar surface area (TPSA) is 134 Å². The molecule has 2 unspecified atom stereocenters. The number of nitrogens with zero attached hydrogens (tertiary/aromatic N) is 6. The Kier molecular flexibility index (Phi) is 14.3. The molecule has 0 radical (unpaired) electrons. The van der Waals surface area contributed by atoms with E-state index in [-0.39, 0.29) is 36.1 Å². The number of hydrogen-bond donors (Lipinski definition) is 1. The van der Waals surface area contributed by atoms with Gasteiger partial charge in [-0.1, -0.05) is 24.0 Å². The Hall–Kier alpha value is -5.69. The van der Waals surface area contributed by atoms with E-state index in [2.05, 4.69) is 38.6 Å². The van der Waals surface area contributed by atoms with E-state index < -0.39 is 0 Å². The molecule has 9 rings (SSSR count). The van der Waals surface area contributed by atoms with Gasteiger partial charge < -0.3 is 14.6 Å². The third-order valence-corrected chi connectivity index (χ3v) is 10.0. The van der Waals surface area contributed by atoms with E-state index >= 15 is 0 Å². The number of methoxy groups -OCH3 is 1. The zero-order chi connectivity index (χ0) is 38.7. The molecule has 292 valence electrons. The number of halogens is 1. The van der Waals surface area contributed by atoms with E-state index in [0.717, 1.165) is 55.3 Å². The van der Waals surface area contributed by atoms with Crippen LogP contribution >= 0.6 is 12.4 Å². The van der Waals surface area contributed by atoms with Gasteiger partial charge in [0.25, 0.3) is 11.1 Å². The molecular formula is C45H45ClN6O5. The molecular weight excluding hydrogens is 740 g/mol. The number of rotatable bonds is 3. The molecule has 3 aliphatic rings. The first-order valence-electron chi connectivity index (χ1n) is 19.1. The zero-order valence-electron chi connectivity index (χ0n) is 31.9. The van der Waals surface area contributed by atoms with Gasteiger partial charge in [0.2, 0.25) is 0 Å². The maximum Gasteiger partial charge on any atom is 0.261 e. The average Bonchev–Trinajstić information content (AvgIpc) is 3.84. The molecule has 0 amide bonds. The van der Waals surface area contributed by atoms with Crippen LogP contribution in [0.25, 0.3) is 21.8 Å². The van der Waals surface area contributed by atoms with Gasteiger partial charge in [0.15, 0.2) is 0 Å². The number of aromatic nitrogens is 6. The van der Waals surface area contributed by atoms with E-state index in [1.54, 1.807) is 34.7 Å². The lowest BCUT2D eigenvalue weighted by Gasteiger charge is -2.24. The monoisotopic (exact) mass is 784 g/mol. The molecule has 2 aromatic carbocycles. The van der Waals surface area contributed by atoms with Gasteiger partial charge in [-0.3, -0.25) is 18.7 Å². The Morgan fingerprint density at radius 3 is 1.67 bits per heavy atom. The Morgan fingerprint density at radius 2 is 1.23 bits per heavy atom. The minimum Gasteiger partial charge on any atom is -0.396 e. The van der Waals surface area contributed by atoms with Crippen LogP contribution in [0.5, 0.6) is 0 Å². The predicted molar refractivity (Wildman–Crippen MR) is 222 cm³/mol. The van der Waals surface area contributed by atoms with Crippen LogP contribution in [0.1, 0.15) is 59.8 Å². The predicted octanol–water partition coefficient (Wildman–Crippen LogP) is 5.36. The van der Waals surface area contributed by atoms with Crippen molar-refractivity contribution in [1.29, 1.82) is 0 Å². The molecule has 0 spiro atoms. The van der Waals surface area contributed by atoms with Crippen molar-refractivity contribution < 1.29 is 14.6 Å². The highest BCUT2D eigenvalue weighted by Crippen LogP contribution is 2.22. The summed E-state index contributed by atoms with van der Waals surface area (Å²) in [6, 6.07) is 22.3. The molecule has 1 saturated heterocycles. The zero-order valence-corrected chi connectivity index (χ0v) is 32.7. The van der Waals surface area contributed by atoms with Crippen molar-refractivity contribution in [2.24, 2.45) is 11.8 Å². The highest BCUT2D eigenvalue weighted by atomic mass is 35.5. The van der Waals surface area contributed by atoms with Crippen molar-refractivity contribution in [2.75, 3.05) is 33.5 Å². The van der Waals surface area contributed by atoms with E-state index in [9.17, 15) is 14.7 Å². The van der Waals surface area contributed by atoms with E-state index in [1.807, 2.05) is 66.7 Å². The SMILES string of the molecule is C1CCOC1.COCC1CCn2c(nc3cc(C#Cc4ccccn4)ccc3c2=O)C1.Cl.O=c1c2ccc(C#Cc3ccccn3)cc2nc2n1CCC(CO)C2. The van der Waals surface area contributed by atoms with Gasteiger partial charge >= 0.3 is 0 Å². The van der Waals surface area contributed by atoms with Crippen LogP contribution in [-0.2, 0) is 35.4 Å². The molecule has 1 fully saturated rings. The summed E-state index contributed by atoms with van der Waals surface area (Å²) in [7, 11) is 1.71. The number of aliphatic hydroxyl groups excluding tert-OH is 1.